The van der Waals surface area contributed by atoms with Gasteiger partial charge < -0.3 is 5.32 Å². The molecule has 1 unspecified atom stereocenters. The zero-order valence-corrected chi connectivity index (χ0v) is 11.0. The zero-order chi connectivity index (χ0) is 13.6. The molecule has 0 aromatic rings. The van der Waals surface area contributed by atoms with Crippen molar-refractivity contribution in [2.45, 2.75) is 32.4 Å². The topological polar surface area (TPSA) is 15.3 Å². The van der Waals surface area contributed by atoms with Crippen molar-refractivity contribution in [2.24, 2.45) is 5.92 Å². The Bertz CT molecular complexity index is 263. The van der Waals surface area contributed by atoms with Crippen LogP contribution in [-0.4, -0.2) is 43.8 Å². The average molecular weight is 264 g/mol. The van der Waals surface area contributed by atoms with Crippen molar-refractivity contribution in [1.29, 1.82) is 0 Å². The lowest BCUT2D eigenvalue weighted by molar-refractivity contribution is -0.186. The number of nitrogens with zero attached hydrogens (tertiary/aromatic N) is 1. The Kier molecular flexibility index (Phi) is 6.15. The molecule has 2 nitrogen and oxygen atoms in total. The average Bonchev–Trinajstić information content (AvgIpc) is 2.28. The Labute approximate surface area is 107 Å². The summed E-state index contributed by atoms with van der Waals surface area (Å²) < 4.78 is 37.9. The van der Waals surface area contributed by atoms with E-state index in [1.807, 2.05) is 4.90 Å². The number of nitrogens with one attached hydrogen (secondary N) is 1. The lowest BCUT2D eigenvalue weighted by atomic mass is 9.97. The first-order valence-electron chi connectivity index (χ1n) is 6.60. The largest absolute Gasteiger partial charge is 0.393 e. The van der Waals surface area contributed by atoms with E-state index in [0.717, 1.165) is 25.1 Å². The molecule has 0 aromatic carbocycles. The second-order valence-electron chi connectivity index (χ2n) is 5.04. The molecule has 106 valence electrons. The van der Waals surface area contributed by atoms with E-state index >= 15 is 0 Å². The molecule has 0 bridgehead atoms. The van der Waals surface area contributed by atoms with Gasteiger partial charge in [-0.2, -0.15) is 13.2 Å². The van der Waals surface area contributed by atoms with E-state index in [2.05, 4.69) is 18.8 Å². The third kappa shape index (κ3) is 5.40. The standard InChI is InChI=1S/C13H23F3N2/c1-3-6-17-8-11(2)9-18-7-4-5-12(10-18)13(14,15)16/h12,17H,2-10H2,1H3. The van der Waals surface area contributed by atoms with Crippen LogP contribution in [0.4, 0.5) is 13.2 Å². The maximum atomic E-state index is 12.6. The molecular weight excluding hydrogens is 241 g/mol. The summed E-state index contributed by atoms with van der Waals surface area (Å²) >= 11 is 0. The van der Waals surface area contributed by atoms with Crippen LogP contribution in [0.15, 0.2) is 12.2 Å². The fourth-order valence-electron chi connectivity index (χ4n) is 2.28. The summed E-state index contributed by atoms with van der Waals surface area (Å²) in [5.74, 6) is -1.16. The normalized spacial score (nSPS) is 22.1. The number of rotatable bonds is 6. The van der Waals surface area contributed by atoms with Crippen LogP contribution in [0.1, 0.15) is 26.2 Å². The van der Waals surface area contributed by atoms with Crippen LogP contribution < -0.4 is 5.32 Å². The molecule has 5 heteroatoms. The molecule has 1 saturated heterocycles. The first-order chi connectivity index (χ1) is 8.43. The summed E-state index contributed by atoms with van der Waals surface area (Å²) in [5.41, 5.74) is 0.964. The maximum absolute atomic E-state index is 12.6. The Hall–Kier alpha value is -0.550. The van der Waals surface area contributed by atoms with Crippen LogP contribution in [0.5, 0.6) is 0 Å². The lowest BCUT2D eigenvalue weighted by Crippen LogP contribution is -2.42. The maximum Gasteiger partial charge on any atom is 0.393 e. The fourth-order valence-corrected chi connectivity index (χ4v) is 2.28. The monoisotopic (exact) mass is 264 g/mol. The first-order valence-corrected chi connectivity index (χ1v) is 6.60. The van der Waals surface area contributed by atoms with E-state index in [4.69, 9.17) is 0 Å². The summed E-state index contributed by atoms with van der Waals surface area (Å²) in [7, 11) is 0. The molecule has 0 spiro atoms. The van der Waals surface area contributed by atoms with Gasteiger partial charge in [-0.3, -0.25) is 4.90 Å². The molecule has 0 aliphatic carbocycles. The lowest BCUT2D eigenvalue weighted by Gasteiger charge is -2.34. The number of alkyl halides is 3. The van der Waals surface area contributed by atoms with Gasteiger partial charge in [0.25, 0.3) is 0 Å². The highest BCUT2D eigenvalue weighted by Gasteiger charge is 2.41. The molecule has 1 aliphatic heterocycles. The molecule has 18 heavy (non-hydrogen) atoms. The first kappa shape index (κ1) is 15.5. The van der Waals surface area contributed by atoms with Gasteiger partial charge in [-0.15, -0.1) is 0 Å². The van der Waals surface area contributed by atoms with E-state index in [1.54, 1.807) is 0 Å². The Morgan fingerprint density at radius 2 is 2.17 bits per heavy atom. The molecule has 0 radical (unpaired) electrons. The van der Waals surface area contributed by atoms with E-state index in [0.29, 0.717) is 19.5 Å². The third-order valence-electron chi connectivity index (χ3n) is 3.22. The predicted octanol–water partition coefficient (Wildman–Crippen LogP) is 2.82. The SMILES string of the molecule is C=C(CNCCC)CN1CCCC(C(F)(F)F)C1. The van der Waals surface area contributed by atoms with Gasteiger partial charge >= 0.3 is 6.18 Å². The van der Waals surface area contributed by atoms with Crippen molar-refractivity contribution in [3.63, 3.8) is 0 Å². The zero-order valence-electron chi connectivity index (χ0n) is 11.0. The molecule has 0 saturated carbocycles. The summed E-state index contributed by atoms with van der Waals surface area (Å²) in [6, 6.07) is 0. The van der Waals surface area contributed by atoms with E-state index in [9.17, 15) is 13.2 Å². The molecule has 1 N–H and O–H groups in total. The van der Waals surface area contributed by atoms with Crippen LogP contribution in [0, 0.1) is 5.92 Å². The number of hydrogen-bond donors (Lipinski definition) is 1. The fraction of sp³-hybridized carbons (Fsp3) is 0.846. The number of halogens is 3. The van der Waals surface area contributed by atoms with Gasteiger partial charge in [0, 0.05) is 19.6 Å². The smallest absolute Gasteiger partial charge is 0.313 e. The quantitative estimate of drug-likeness (QED) is 0.586. The van der Waals surface area contributed by atoms with Crippen LogP contribution in [0.3, 0.4) is 0 Å². The summed E-state index contributed by atoms with van der Waals surface area (Å²) in [6.45, 7) is 9.06. The number of hydrogen-bond acceptors (Lipinski definition) is 2. The summed E-state index contributed by atoms with van der Waals surface area (Å²) in [6.07, 6.45) is -2.12. The molecule has 1 fully saturated rings. The van der Waals surface area contributed by atoms with Crippen LogP contribution >= 0.6 is 0 Å². The highest BCUT2D eigenvalue weighted by atomic mass is 19.4. The summed E-state index contributed by atoms with van der Waals surface area (Å²) in [4.78, 5) is 1.87. The van der Waals surface area contributed by atoms with Crippen molar-refractivity contribution in [2.75, 3.05) is 32.7 Å². The van der Waals surface area contributed by atoms with Crippen LogP contribution in [-0.2, 0) is 0 Å². The molecular formula is C13H23F3N2. The van der Waals surface area contributed by atoms with Gasteiger partial charge in [-0.25, -0.2) is 0 Å². The molecule has 1 rings (SSSR count). The van der Waals surface area contributed by atoms with E-state index in [-0.39, 0.29) is 13.0 Å². The van der Waals surface area contributed by atoms with Crippen molar-refractivity contribution < 1.29 is 13.2 Å². The van der Waals surface area contributed by atoms with Gasteiger partial charge in [0.2, 0.25) is 0 Å². The van der Waals surface area contributed by atoms with Crippen molar-refractivity contribution in [3.05, 3.63) is 12.2 Å². The van der Waals surface area contributed by atoms with Gasteiger partial charge in [-0.1, -0.05) is 13.5 Å². The third-order valence-corrected chi connectivity index (χ3v) is 3.22. The van der Waals surface area contributed by atoms with Crippen LogP contribution in [0.25, 0.3) is 0 Å². The van der Waals surface area contributed by atoms with Gasteiger partial charge in [0.15, 0.2) is 0 Å². The molecule has 1 heterocycles. The molecule has 0 aromatic heterocycles. The Morgan fingerprint density at radius 3 is 2.78 bits per heavy atom. The molecule has 1 atom stereocenters. The Morgan fingerprint density at radius 1 is 1.44 bits per heavy atom. The van der Waals surface area contributed by atoms with E-state index < -0.39 is 12.1 Å². The van der Waals surface area contributed by atoms with Gasteiger partial charge in [-0.05, 0) is 37.9 Å². The van der Waals surface area contributed by atoms with Crippen molar-refractivity contribution >= 4 is 0 Å². The van der Waals surface area contributed by atoms with E-state index in [1.165, 1.54) is 0 Å². The van der Waals surface area contributed by atoms with Crippen LogP contribution in [0.2, 0.25) is 0 Å². The number of likely N-dealkylation sites (tertiary alicyclic amines) is 1. The minimum Gasteiger partial charge on any atom is -0.313 e. The van der Waals surface area contributed by atoms with Crippen molar-refractivity contribution in [3.8, 4) is 0 Å². The predicted molar refractivity (Wildman–Crippen MR) is 67.5 cm³/mol. The minimum absolute atomic E-state index is 0.121. The highest BCUT2D eigenvalue weighted by molar-refractivity contribution is 5.00. The molecule has 0 amide bonds. The van der Waals surface area contributed by atoms with Gasteiger partial charge in [0.05, 0.1) is 5.92 Å². The minimum atomic E-state index is -4.06. The second-order valence-corrected chi connectivity index (χ2v) is 5.04. The van der Waals surface area contributed by atoms with Gasteiger partial charge in [0.1, 0.15) is 0 Å². The van der Waals surface area contributed by atoms with Crippen molar-refractivity contribution in [1.82, 2.24) is 10.2 Å². The second kappa shape index (κ2) is 7.14. The summed E-state index contributed by atoms with van der Waals surface area (Å²) in [5, 5.41) is 3.22. The Balaban J connectivity index is 2.31. The molecule has 1 aliphatic rings. The number of piperidine rings is 1. The highest BCUT2D eigenvalue weighted by Crippen LogP contribution is 2.33.